The molecule has 0 bridgehead atoms. The number of nitrogens with zero attached hydrogens (tertiary/aromatic N) is 3. The topological polar surface area (TPSA) is 59.3 Å². The number of amides is 1. The van der Waals surface area contributed by atoms with Crippen LogP contribution in [0.2, 0.25) is 10.0 Å². The van der Waals surface area contributed by atoms with Gasteiger partial charge in [-0.2, -0.15) is 5.10 Å². The summed E-state index contributed by atoms with van der Waals surface area (Å²) in [6, 6.07) is 13.0. The van der Waals surface area contributed by atoms with Gasteiger partial charge in [0.25, 0.3) is 5.91 Å². The van der Waals surface area contributed by atoms with Gasteiger partial charge in [-0.1, -0.05) is 59.2 Å². The van der Waals surface area contributed by atoms with Gasteiger partial charge in [0, 0.05) is 12.6 Å². The highest BCUT2D eigenvalue weighted by Crippen LogP contribution is 2.24. The zero-order valence-electron chi connectivity index (χ0n) is 13.2. The van der Waals surface area contributed by atoms with Crippen LogP contribution in [0, 0.1) is 0 Å². The Morgan fingerprint density at radius 2 is 2.08 bits per heavy atom. The van der Waals surface area contributed by atoms with E-state index in [9.17, 15) is 4.79 Å². The molecule has 5 nitrogen and oxygen atoms in total. The minimum absolute atomic E-state index is 0.206. The summed E-state index contributed by atoms with van der Waals surface area (Å²) in [6.07, 6.45) is 1.46. The van der Waals surface area contributed by atoms with Gasteiger partial charge < -0.3 is 4.57 Å². The Bertz CT molecular complexity index is 955. The second-order valence-electron chi connectivity index (χ2n) is 5.17. The molecule has 8 heteroatoms. The zero-order valence-corrected chi connectivity index (χ0v) is 15.6. The van der Waals surface area contributed by atoms with Crippen molar-refractivity contribution in [3.63, 3.8) is 0 Å². The Hall–Kier alpha value is -2.02. The number of aromatic nitrogens is 2. The fraction of sp³-hybridized carbons (Fsp3) is 0.118. The van der Waals surface area contributed by atoms with Crippen LogP contribution in [0.4, 0.5) is 0 Å². The molecule has 128 valence electrons. The van der Waals surface area contributed by atoms with Crippen molar-refractivity contribution in [2.24, 2.45) is 12.1 Å². The van der Waals surface area contributed by atoms with Crippen molar-refractivity contribution in [3.05, 3.63) is 58.1 Å². The fourth-order valence-electron chi connectivity index (χ4n) is 2.21. The van der Waals surface area contributed by atoms with Crippen LogP contribution in [0.1, 0.15) is 5.56 Å². The Balaban J connectivity index is 1.58. The smallest absolute Gasteiger partial charge is 0.250 e. The Morgan fingerprint density at radius 3 is 2.88 bits per heavy atom. The van der Waals surface area contributed by atoms with Gasteiger partial charge >= 0.3 is 0 Å². The molecule has 1 aromatic heterocycles. The fourth-order valence-corrected chi connectivity index (χ4v) is 3.35. The van der Waals surface area contributed by atoms with Crippen molar-refractivity contribution in [2.75, 3.05) is 5.75 Å². The normalized spacial score (nSPS) is 11.3. The number of halogens is 2. The zero-order chi connectivity index (χ0) is 17.8. The Kier molecular flexibility index (Phi) is 5.63. The van der Waals surface area contributed by atoms with Gasteiger partial charge in [0.05, 0.1) is 33.0 Å². The van der Waals surface area contributed by atoms with Gasteiger partial charge in [-0.05, 0) is 18.2 Å². The standard InChI is InChI=1S/C17H14Cl2N4OS/c1-23-14-8-3-2-7-13(14)21-17(23)25-10-15(24)22-20-9-11-5-4-6-12(18)16(11)19/h2-9H,10H2,1H3,(H,22,24)/b20-9+. The lowest BCUT2D eigenvalue weighted by atomic mass is 10.2. The van der Waals surface area contributed by atoms with Crippen LogP contribution in [-0.2, 0) is 11.8 Å². The molecule has 2 aromatic carbocycles. The first kappa shape index (κ1) is 17.8. The number of aryl methyl sites for hydroxylation is 1. The summed E-state index contributed by atoms with van der Waals surface area (Å²) in [6.45, 7) is 0. The van der Waals surface area contributed by atoms with E-state index < -0.39 is 0 Å². The summed E-state index contributed by atoms with van der Waals surface area (Å²) in [4.78, 5) is 16.5. The quantitative estimate of drug-likeness (QED) is 0.403. The third-order valence-electron chi connectivity index (χ3n) is 3.45. The number of hydrogen-bond donors (Lipinski definition) is 1. The van der Waals surface area contributed by atoms with Gasteiger partial charge in [0.2, 0.25) is 0 Å². The van der Waals surface area contributed by atoms with E-state index in [1.807, 2.05) is 35.9 Å². The molecule has 0 spiro atoms. The highest BCUT2D eigenvalue weighted by atomic mass is 35.5. The number of carbonyl (C=O) groups is 1. The lowest BCUT2D eigenvalue weighted by molar-refractivity contribution is -0.118. The van der Waals surface area contributed by atoms with Crippen LogP contribution in [0.3, 0.4) is 0 Å². The average Bonchev–Trinajstić information content (AvgIpc) is 2.93. The Morgan fingerprint density at radius 1 is 1.28 bits per heavy atom. The summed E-state index contributed by atoms with van der Waals surface area (Å²) >= 11 is 13.3. The Labute approximate surface area is 159 Å². The minimum atomic E-state index is -0.230. The lowest BCUT2D eigenvalue weighted by Crippen LogP contribution is -2.19. The number of benzene rings is 2. The maximum Gasteiger partial charge on any atom is 0.250 e. The summed E-state index contributed by atoms with van der Waals surface area (Å²) in [5.41, 5.74) is 5.04. The molecule has 1 heterocycles. The molecule has 0 aliphatic carbocycles. The molecule has 0 unspecified atom stereocenters. The van der Waals surface area contributed by atoms with Crippen molar-refractivity contribution >= 4 is 58.1 Å². The first-order valence-electron chi connectivity index (χ1n) is 7.36. The largest absolute Gasteiger partial charge is 0.322 e. The van der Waals surface area contributed by atoms with Crippen LogP contribution in [0.5, 0.6) is 0 Å². The number of rotatable bonds is 5. The van der Waals surface area contributed by atoms with Crippen molar-refractivity contribution in [3.8, 4) is 0 Å². The summed E-state index contributed by atoms with van der Waals surface area (Å²) in [5.74, 6) is -0.0240. The third-order valence-corrected chi connectivity index (χ3v) is 5.32. The van der Waals surface area contributed by atoms with E-state index in [1.165, 1.54) is 18.0 Å². The van der Waals surface area contributed by atoms with Gasteiger partial charge in [0.15, 0.2) is 5.16 Å². The van der Waals surface area contributed by atoms with Crippen molar-refractivity contribution in [1.29, 1.82) is 0 Å². The molecular weight excluding hydrogens is 379 g/mol. The molecule has 3 aromatic rings. The van der Waals surface area contributed by atoms with E-state index in [2.05, 4.69) is 15.5 Å². The average molecular weight is 393 g/mol. The van der Waals surface area contributed by atoms with E-state index in [0.717, 1.165) is 16.2 Å². The number of hydrazone groups is 1. The highest BCUT2D eigenvalue weighted by Gasteiger charge is 2.10. The lowest BCUT2D eigenvalue weighted by Gasteiger charge is -2.02. The molecule has 0 saturated carbocycles. The van der Waals surface area contributed by atoms with Crippen LogP contribution in [0.25, 0.3) is 11.0 Å². The second kappa shape index (κ2) is 7.91. The van der Waals surface area contributed by atoms with E-state index >= 15 is 0 Å². The molecule has 1 N–H and O–H groups in total. The van der Waals surface area contributed by atoms with E-state index in [4.69, 9.17) is 23.2 Å². The number of hydrogen-bond acceptors (Lipinski definition) is 4. The van der Waals surface area contributed by atoms with Crippen LogP contribution >= 0.6 is 35.0 Å². The first-order valence-corrected chi connectivity index (χ1v) is 9.10. The third kappa shape index (κ3) is 4.15. The van der Waals surface area contributed by atoms with E-state index in [0.29, 0.717) is 15.6 Å². The SMILES string of the molecule is Cn1c(SCC(=O)N/N=C/c2cccc(Cl)c2Cl)nc2ccccc21. The maximum atomic E-state index is 11.9. The second-order valence-corrected chi connectivity index (χ2v) is 6.89. The minimum Gasteiger partial charge on any atom is -0.322 e. The van der Waals surface area contributed by atoms with Gasteiger partial charge in [-0.15, -0.1) is 0 Å². The number of fused-ring (bicyclic) bond motifs is 1. The number of para-hydroxylation sites is 2. The molecule has 0 aliphatic heterocycles. The van der Waals surface area contributed by atoms with Crippen LogP contribution < -0.4 is 5.43 Å². The molecule has 0 fully saturated rings. The molecule has 0 atom stereocenters. The molecule has 3 rings (SSSR count). The molecule has 25 heavy (non-hydrogen) atoms. The van der Waals surface area contributed by atoms with Gasteiger partial charge in [0.1, 0.15) is 0 Å². The van der Waals surface area contributed by atoms with E-state index in [1.54, 1.807) is 18.2 Å². The number of imidazole rings is 1. The molecular formula is C17H14Cl2N4OS. The van der Waals surface area contributed by atoms with Crippen molar-refractivity contribution in [1.82, 2.24) is 15.0 Å². The number of thioether (sulfide) groups is 1. The molecule has 0 aliphatic rings. The van der Waals surface area contributed by atoms with Crippen molar-refractivity contribution in [2.45, 2.75) is 5.16 Å². The van der Waals surface area contributed by atoms with Gasteiger partial charge in [-0.25, -0.2) is 10.4 Å². The number of nitrogens with one attached hydrogen (secondary N) is 1. The monoisotopic (exact) mass is 392 g/mol. The number of carbonyl (C=O) groups excluding carboxylic acids is 1. The summed E-state index contributed by atoms with van der Waals surface area (Å²) < 4.78 is 1.96. The molecule has 0 radical (unpaired) electrons. The van der Waals surface area contributed by atoms with Gasteiger partial charge in [-0.3, -0.25) is 4.79 Å². The predicted molar refractivity (Wildman–Crippen MR) is 104 cm³/mol. The molecule has 0 saturated heterocycles. The van der Waals surface area contributed by atoms with Crippen LogP contribution in [0.15, 0.2) is 52.7 Å². The highest BCUT2D eigenvalue weighted by molar-refractivity contribution is 7.99. The predicted octanol–water partition coefficient (Wildman–Crippen LogP) is 4.12. The van der Waals surface area contributed by atoms with Crippen LogP contribution in [-0.4, -0.2) is 27.4 Å². The summed E-state index contributed by atoms with van der Waals surface area (Å²) in [5, 5.41) is 5.53. The summed E-state index contributed by atoms with van der Waals surface area (Å²) in [7, 11) is 1.93. The first-order chi connectivity index (χ1) is 12.1. The van der Waals surface area contributed by atoms with Crippen molar-refractivity contribution < 1.29 is 4.79 Å². The maximum absolute atomic E-state index is 11.9. The molecule has 1 amide bonds. The van der Waals surface area contributed by atoms with E-state index in [-0.39, 0.29) is 11.7 Å².